The van der Waals surface area contributed by atoms with E-state index >= 15 is 0 Å². The van der Waals surface area contributed by atoms with Crippen molar-refractivity contribution in [3.63, 3.8) is 0 Å². The molecule has 2 rings (SSSR count). The van der Waals surface area contributed by atoms with Crippen LogP contribution in [0.5, 0.6) is 5.75 Å². The van der Waals surface area contributed by atoms with Gasteiger partial charge < -0.3 is 9.84 Å². The molecule has 3 N–H and O–H groups in total. The summed E-state index contributed by atoms with van der Waals surface area (Å²) in [6.07, 6.45) is -3.88. The molecule has 164 valence electrons. The molecule has 0 aliphatic rings. The van der Waals surface area contributed by atoms with Crippen molar-refractivity contribution >= 4 is 33.4 Å². The van der Waals surface area contributed by atoms with Crippen molar-refractivity contribution < 1.29 is 36.2 Å². The minimum absolute atomic E-state index is 0.0539. The standard InChI is InChI=1S/C17H17ClF3N3O5S/c1-10-7-12(4-5-14(10)29-6-2-3-15(25)26)30(27,28)24-23-16-13(18)8-11(9-22-16)17(19,20)21/h4-5,7-9,24H,2-3,6H2,1H3,(H,22,23)(H,25,26). The summed E-state index contributed by atoms with van der Waals surface area (Å²) < 4.78 is 68.1. The highest BCUT2D eigenvalue weighted by atomic mass is 35.5. The first-order valence-electron chi connectivity index (χ1n) is 8.36. The Morgan fingerprint density at radius 2 is 2.00 bits per heavy atom. The van der Waals surface area contributed by atoms with Crippen LogP contribution in [0.1, 0.15) is 24.0 Å². The van der Waals surface area contributed by atoms with Crippen LogP contribution >= 0.6 is 11.6 Å². The lowest BCUT2D eigenvalue weighted by Gasteiger charge is -2.13. The number of aliphatic carboxylic acids is 1. The summed E-state index contributed by atoms with van der Waals surface area (Å²) in [5, 5.41) is 8.17. The van der Waals surface area contributed by atoms with E-state index in [0.29, 0.717) is 30.0 Å². The van der Waals surface area contributed by atoms with E-state index < -0.39 is 32.8 Å². The molecule has 1 aromatic heterocycles. The maximum absolute atomic E-state index is 12.6. The molecule has 1 aromatic carbocycles. The van der Waals surface area contributed by atoms with E-state index in [4.69, 9.17) is 21.4 Å². The number of carboxylic acid groups (broad SMARTS) is 1. The third-order valence-electron chi connectivity index (χ3n) is 3.72. The van der Waals surface area contributed by atoms with Crippen LogP contribution in [0, 0.1) is 6.92 Å². The average molecular weight is 468 g/mol. The molecule has 0 spiro atoms. The summed E-state index contributed by atoms with van der Waals surface area (Å²) in [5.41, 5.74) is 1.59. The molecular weight excluding hydrogens is 451 g/mol. The Morgan fingerprint density at radius 3 is 2.57 bits per heavy atom. The van der Waals surface area contributed by atoms with Crippen LogP contribution in [0.4, 0.5) is 19.0 Å². The Morgan fingerprint density at radius 1 is 1.30 bits per heavy atom. The molecule has 8 nitrogen and oxygen atoms in total. The number of aryl methyl sites for hydroxylation is 1. The van der Waals surface area contributed by atoms with Gasteiger partial charge in [-0.2, -0.15) is 13.2 Å². The molecule has 1 heterocycles. The second kappa shape index (κ2) is 9.49. The van der Waals surface area contributed by atoms with Crippen LogP contribution < -0.4 is 15.0 Å². The monoisotopic (exact) mass is 467 g/mol. The number of ether oxygens (including phenoxy) is 1. The highest BCUT2D eigenvalue weighted by Crippen LogP contribution is 2.32. The lowest BCUT2D eigenvalue weighted by atomic mass is 10.2. The number of benzene rings is 1. The number of halogens is 4. The third-order valence-corrected chi connectivity index (χ3v) is 5.25. The maximum atomic E-state index is 12.6. The van der Waals surface area contributed by atoms with Gasteiger partial charge >= 0.3 is 12.1 Å². The van der Waals surface area contributed by atoms with Gasteiger partial charge in [-0.1, -0.05) is 11.6 Å². The van der Waals surface area contributed by atoms with E-state index in [2.05, 4.69) is 10.4 Å². The minimum atomic E-state index is -4.64. The van der Waals surface area contributed by atoms with Crippen LogP contribution in [-0.2, 0) is 21.0 Å². The molecular formula is C17H17ClF3N3O5S. The van der Waals surface area contributed by atoms with Crippen molar-refractivity contribution in [3.8, 4) is 5.75 Å². The third kappa shape index (κ3) is 6.47. The molecule has 2 aromatic rings. The van der Waals surface area contributed by atoms with Gasteiger partial charge in [0.25, 0.3) is 10.0 Å². The topological polar surface area (TPSA) is 118 Å². The first-order valence-corrected chi connectivity index (χ1v) is 10.2. The number of carboxylic acids is 1. The largest absolute Gasteiger partial charge is 0.493 e. The van der Waals surface area contributed by atoms with E-state index in [1.807, 2.05) is 4.83 Å². The Labute approximate surface area is 175 Å². The van der Waals surface area contributed by atoms with E-state index in [1.165, 1.54) is 18.2 Å². The Hall–Kier alpha value is -2.57. The molecule has 13 heteroatoms. The van der Waals surface area contributed by atoms with Gasteiger partial charge in [0.05, 0.1) is 22.1 Å². The van der Waals surface area contributed by atoms with Gasteiger partial charge in [-0.25, -0.2) is 13.4 Å². The number of pyridine rings is 1. The number of alkyl halides is 3. The molecule has 0 bridgehead atoms. The molecule has 0 saturated carbocycles. The number of nitrogens with one attached hydrogen (secondary N) is 2. The number of rotatable bonds is 9. The zero-order valence-electron chi connectivity index (χ0n) is 15.5. The molecule has 0 aliphatic heterocycles. The average Bonchev–Trinajstić information content (AvgIpc) is 2.64. The van der Waals surface area contributed by atoms with E-state index in [0.717, 1.165) is 0 Å². The normalized spacial score (nSPS) is 11.9. The van der Waals surface area contributed by atoms with Gasteiger partial charge in [0.1, 0.15) is 5.75 Å². The smallest absolute Gasteiger partial charge is 0.417 e. The van der Waals surface area contributed by atoms with E-state index in [-0.39, 0.29) is 23.7 Å². The highest BCUT2D eigenvalue weighted by Gasteiger charge is 2.31. The minimum Gasteiger partial charge on any atom is -0.493 e. The Balaban J connectivity index is 2.05. The van der Waals surface area contributed by atoms with Crippen molar-refractivity contribution in [2.24, 2.45) is 0 Å². The van der Waals surface area contributed by atoms with Crippen molar-refractivity contribution in [1.82, 2.24) is 9.82 Å². The van der Waals surface area contributed by atoms with Crippen molar-refractivity contribution in [2.45, 2.75) is 30.8 Å². The van der Waals surface area contributed by atoms with Crippen LogP contribution in [0.15, 0.2) is 35.4 Å². The van der Waals surface area contributed by atoms with Crippen LogP contribution in [0.3, 0.4) is 0 Å². The molecule has 0 amide bonds. The number of anilines is 1. The van der Waals surface area contributed by atoms with Gasteiger partial charge in [0, 0.05) is 12.6 Å². The predicted octanol–water partition coefficient (Wildman–Crippen LogP) is 3.61. The fourth-order valence-electron chi connectivity index (χ4n) is 2.22. The van der Waals surface area contributed by atoms with E-state index in [9.17, 15) is 26.4 Å². The lowest BCUT2D eigenvalue weighted by molar-refractivity contribution is -0.138. The quantitative estimate of drug-likeness (QED) is 0.381. The maximum Gasteiger partial charge on any atom is 0.417 e. The second-order valence-corrected chi connectivity index (χ2v) is 8.15. The van der Waals surface area contributed by atoms with Crippen molar-refractivity contribution in [2.75, 3.05) is 12.0 Å². The number of hydrazine groups is 1. The van der Waals surface area contributed by atoms with Gasteiger partial charge in [-0.05, 0) is 43.2 Å². The molecule has 0 radical (unpaired) electrons. The first kappa shape index (κ1) is 23.7. The van der Waals surface area contributed by atoms with Gasteiger partial charge in [0.15, 0.2) is 5.82 Å². The number of nitrogens with zero attached hydrogens (tertiary/aromatic N) is 1. The van der Waals surface area contributed by atoms with Crippen LogP contribution in [0.2, 0.25) is 5.02 Å². The van der Waals surface area contributed by atoms with Gasteiger partial charge in [-0.3, -0.25) is 10.2 Å². The molecule has 30 heavy (non-hydrogen) atoms. The lowest BCUT2D eigenvalue weighted by Crippen LogP contribution is -2.30. The Bertz CT molecular complexity index is 1030. The number of carbonyl (C=O) groups is 1. The number of aromatic nitrogens is 1. The zero-order chi connectivity index (χ0) is 22.5. The summed E-state index contributed by atoms with van der Waals surface area (Å²) in [6, 6.07) is 4.60. The summed E-state index contributed by atoms with van der Waals surface area (Å²) in [7, 11) is -4.10. The van der Waals surface area contributed by atoms with Crippen molar-refractivity contribution in [1.29, 1.82) is 0 Å². The fraction of sp³-hybridized carbons (Fsp3) is 0.294. The van der Waals surface area contributed by atoms with Gasteiger partial charge in [0.2, 0.25) is 0 Å². The number of hydrogen-bond acceptors (Lipinski definition) is 6. The second-order valence-electron chi connectivity index (χ2n) is 6.06. The molecule has 0 saturated heterocycles. The predicted molar refractivity (Wildman–Crippen MR) is 102 cm³/mol. The first-order chi connectivity index (χ1) is 13.9. The fourth-order valence-corrected chi connectivity index (χ4v) is 3.36. The summed E-state index contributed by atoms with van der Waals surface area (Å²) in [6.45, 7) is 1.75. The SMILES string of the molecule is Cc1cc(S(=O)(=O)NNc2ncc(C(F)(F)F)cc2Cl)ccc1OCCCC(=O)O. The zero-order valence-corrected chi connectivity index (χ0v) is 17.0. The summed E-state index contributed by atoms with van der Waals surface area (Å²) >= 11 is 5.72. The van der Waals surface area contributed by atoms with Gasteiger partial charge in [-0.15, -0.1) is 4.83 Å². The highest BCUT2D eigenvalue weighted by molar-refractivity contribution is 7.89. The molecule has 0 unspecified atom stereocenters. The molecule has 0 atom stereocenters. The van der Waals surface area contributed by atoms with Crippen LogP contribution in [-0.4, -0.2) is 31.1 Å². The Kier molecular flexibility index (Phi) is 7.50. The summed E-state index contributed by atoms with van der Waals surface area (Å²) in [5.74, 6) is -0.860. The number of hydrogen-bond donors (Lipinski definition) is 3. The number of sulfonamides is 1. The summed E-state index contributed by atoms with van der Waals surface area (Å²) in [4.78, 5) is 15.8. The molecule has 0 fully saturated rings. The molecule has 0 aliphatic carbocycles. The van der Waals surface area contributed by atoms with Crippen molar-refractivity contribution in [3.05, 3.63) is 46.6 Å². The van der Waals surface area contributed by atoms with E-state index in [1.54, 1.807) is 6.92 Å². The van der Waals surface area contributed by atoms with Crippen LogP contribution in [0.25, 0.3) is 0 Å².